The molecule has 4 rings (SSSR count). The third-order valence-corrected chi connectivity index (χ3v) is 4.63. The van der Waals surface area contributed by atoms with Crippen molar-refractivity contribution in [2.45, 2.75) is 19.0 Å². The van der Waals surface area contributed by atoms with Gasteiger partial charge in [0.25, 0.3) is 11.1 Å². The van der Waals surface area contributed by atoms with E-state index in [1.54, 1.807) is 0 Å². The number of rotatable bonds is 4. The van der Waals surface area contributed by atoms with Gasteiger partial charge in [-0.3, -0.25) is 23.7 Å². The molecule has 0 spiro atoms. The van der Waals surface area contributed by atoms with Crippen LogP contribution in [0.25, 0.3) is 10.9 Å². The van der Waals surface area contributed by atoms with Crippen LogP contribution in [0.15, 0.2) is 61.8 Å². The first-order valence-electron chi connectivity index (χ1n) is 8.15. The second-order valence-electron chi connectivity index (χ2n) is 6.36. The highest BCUT2D eigenvalue weighted by atomic mass is 16.2. The molecule has 0 saturated heterocycles. The number of H-pyrrole nitrogens is 1. The smallest absolute Gasteiger partial charge is 0.265 e. The quantitative estimate of drug-likeness (QED) is 0.486. The van der Waals surface area contributed by atoms with Gasteiger partial charge in [-0.25, -0.2) is 0 Å². The Balaban J connectivity index is 1.71. The summed E-state index contributed by atoms with van der Waals surface area (Å²) < 4.78 is 0.949. The van der Waals surface area contributed by atoms with E-state index in [-0.39, 0.29) is 17.0 Å². The highest BCUT2D eigenvalue weighted by Gasteiger charge is 2.17. The van der Waals surface area contributed by atoms with Crippen LogP contribution in [0, 0.1) is 10.4 Å². The van der Waals surface area contributed by atoms with Crippen molar-refractivity contribution in [3.63, 3.8) is 0 Å². The lowest BCUT2D eigenvalue weighted by Crippen LogP contribution is -2.38. The van der Waals surface area contributed by atoms with Crippen LogP contribution < -0.4 is 27.7 Å². The second kappa shape index (κ2) is 5.89. The Morgan fingerprint density at radius 2 is 1.77 bits per heavy atom. The zero-order chi connectivity index (χ0) is 18.4. The van der Waals surface area contributed by atoms with Crippen molar-refractivity contribution in [3.8, 4) is 0 Å². The van der Waals surface area contributed by atoms with E-state index in [1.807, 2.05) is 30.5 Å². The Labute approximate surface area is 145 Å². The van der Waals surface area contributed by atoms with E-state index >= 15 is 0 Å². The lowest BCUT2D eigenvalue weighted by atomic mass is 10.1. The summed E-state index contributed by atoms with van der Waals surface area (Å²) in [6.45, 7) is -0.0283. The molecule has 2 aromatic rings. The molecule has 2 aliphatic rings. The first-order chi connectivity index (χ1) is 12.5. The van der Waals surface area contributed by atoms with Crippen molar-refractivity contribution in [2.75, 3.05) is 0 Å². The Morgan fingerprint density at radius 3 is 2.58 bits per heavy atom. The Hall–Kier alpha value is -3.32. The molecule has 1 aliphatic heterocycles. The second-order valence-corrected chi connectivity index (χ2v) is 6.36. The van der Waals surface area contributed by atoms with Crippen molar-refractivity contribution in [1.29, 1.82) is 0 Å². The van der Waals surface area contributed by atoms with Gasteiger partial charge in [0.15, 0.2) is 0 Å². The van der Waals surface area contributed by atoms with Crippen molar-refractivity contribution < 1.29 is 0 Å². The summed E-state index contributed by atoms with van der Waals surface area (Å²) in [5.41, 5.74) is 5.06. The minimum absolute atomic E-state index is 0.0283. The first kappa shape index (κ1) is 16.2. The number of aromatic amines is 1. The molecule has 1 aromatic carbocycles. The van der Waals surface area contributed by atoms with E-state index in [1.165, 1.54) is 6.07 Å². The fourth-order valence-corrected chi connectivity index (χ4v) is 3.37. The number of nitrogens with two attached hydrogens (primary N) is 1. The van der Waals surface area contributed by atoms with Crippen LogP contribution in [0.4, 0.5) is 0 Å². The molecule has 26 heavy (non-hydrogen) atoms. The van der Waals surface area contributed by atoms with Crippen molar-refractivity contribution in [1.82, 2.24) is 9.55 Å². The summed E-state index contributed by atoms with van der Waals surface area (Å²) in [6, 6.07) is 9.50. The van der Waals surface area contributed by atoms with Gasteiger partial charge in [0.2, 0.25) is 10.9 Å². The molecule has 1 atom stereocenters. The summed E-state index contributed by atoms with van der Waals surface area (Å²) in [5.74, 6) is 0. The summed E-state index contributed by atoms with van der Waals surface area (Å²) in [7, 11) is 0. The molecule has 3 N–H and O–H groups in total. The molecule has 0 saturated carbocycles. The maximum Gasteiger partial charge on any atom is 0.265 e. The minimum atomic E-state index is -0.937. The predicted octanol–water partition coefficient (Wildman–Crippen LogP) is -0.419. The van der Waals surface area contributed by atoms with Crippen LogP contribution in [0.2, 0.25) is 0 Å². The van der Waals surface area contributed by atoms with Gasteiger partial charge >= 0.3 is 0 Å². The predicted molar refractivity (Wildman–Crippen MR) is 97.2 cm³/mol. The van der Waals surface area contributed by atoms with Crippen LogP contribution in [-0.2, 0) is 13.0 Å². The average Bonchev–Trinajstić information content (AvgIpc) is 3.13. The molecule has 2 heterocycles. The highest BCUT2D eigenvalue weighted by Crippen LogP contribution is 2.18. The van der Waals surface area contributed by atoms with Crippen LogP contribution in [-0.4, -0.2) is 15.6 Å². The monoisotopic (exact) mass is 349 g/mol. The number of nitrogens with zero attached hydrogens (tertiary/aromatic N) is 1. The molecule has 1 aliphatic carbocycles. The topological polar surface area (TPSA) is 115 Å². The number of para-hydroxylation sites is 1. The third kappa shape index (κ3) is 2.41. The van der Waals surface area contributed by atoms with Gasteiger partial charge < -0.3 is 10.7 Å². The maximum atomic E-state index is 12.4. The summed E-state index contributed by atoms with van der Waals surface area (Å²) >= 11 is 0. The van der Waals surface area contributed by atoms with Gasteiger partial charge in [-0.1, -0.05) is 18.2 Å². The normalized spacial score (nSPS) is 12.8. The summed E-state index contributed by atoms with van der Waals surface area (Å²) in [4.78, 5) is 51.4. The standard InChI is InChI=1S/C19H15N3O4/c20-11(7-10-8-21-14-4-2-1-3-12(10)14)9-22-18(25)13-5-6-15(23)17(24)16(13)19(22)26/h1-6,8,11,21H,7,9,20H2/t11-/m0/s1. The molecule has 0 amide bonds. The van der Waals surface area contributed by atoms with Crippen molar-refractivity contribution >= 4 is 10.9 Å². The fourth-order valence-electron chi connectivity index (χ4n) is 3.37. The summed E-state index contributed by atoms with van der Waals surface area (Å²) in [6.07, 6.45) is 2.31. The number of benzene rings is 1. The maximum absolute atomic E-state index is 12.4. The van der Waals surface area contributed by atoms with Gasteiger partial charge in [0, 0.05) is 29.7 Å². The van der Waals surface area contributed by atoms with Gasteiger partial charge in [0.1, 0.15) is 5.22 Å². The zero-order valence-electron chi connectivity index (χ0n) is 13.7. The fraction of sp³-hybridized carbons (Fsp3) is 0.158. The van der Waals surface area contributed by atoms with Crippen molar-refractivity contribution in [2.24, 2.45) is 5.73 Å². The Morgan fingerprint density at radius 1 is 1.00 bits per heavy atom. The van der Waals surface area contributed by atoms with Crippen LogP contribution in [0.3, 0.4) is 0 Å². The summed E-state index contributed by atoms with van der Waals surface area (Å²) in [5, 5.41) is 0.656. The van der Waals surface area contributed by atoms with E-state index in [0.29, 0.717) is 6.42 Å². The SMILES string of the molecule is N[C@@H](Cc1c[nH]c2ccccc12)Cn1c(=O)c2ccc(=O)c(=O)c=2c1=O. The molecule has 130 valence electrons. The first-order valence-corrected chi connectivity index (χ1v) is 8.15. The van der Waals surface area contributed by atoms with Gasteiger partial charge in [0.05, 0.1) is 5.22 Å². The van der Waals surface area contributed by atoms with Crippen LogP contribution >= 0.6 is 0 Å². The highest BCUT2D eigenvalue weighted by molar-refractivity contribution is 5.83. The molecule has 0 radical (unpaired) electrons. The van der Waals surface area contributed by atoms with E-state index in [9.17, 15) is 19.2 Å². The third-order valence-electron chi connectivity index (χ3n) is 4.63. The number of hydrogen-bond acceptors (Lipinski definition) is 5. The molecule has 0 unspecified atom stereocenters. The number of hydrogen-bond donors (Lipinski definition) is 2. The molecule has 0 fully saturated rings. The van der Waals surface area contributed by atoms with Crippen molar-refractivity contribution in [3.05, 3.63) is 99.8 Å². The molecular weight excluding hydrogens is 334 g/mol. The number of aromatic nitrogens is 2. The molecular formula is C19H15N3O4. The molecule has 7 nitrogen and oxygen atoms in total. The van der Waals surface area contributed by atoms with Crippen LogP contribution in [0.1, 0.15) is 5.56 Å². The zero-order valence-corrected chi connectivity index (χ0v) is 13.7. The lowest BCUT2D eigenvalue weighted by molar-refractivity contribution is 0.532. The van der Waals surface area contributed by atoms with Gasteiger partial charge in [-0.05, 0) is 30.2 Å². The van der Waals surface area contributed by atoms with E-state index < -0.39 is 28.0 Å². The average molecular weight is 349 g/mol. The number of fused-ring (bicyclic) bond motifs is 1. The van der Waals surface area contributed by atoms with E-state index in [0.717, 1.165) is 27.1 Å². The van der Waals surface area contributed by atoms with E-state index in [2.05, 4.69) is 4.98 Å². The van der Waals surface area contributed by atoms with E-state index in [4.69, 9.17) is 5.73 Å². The largest absolute Gasteiger partial charge is 0.361 e. The van der Waals surface area contributed by atoms with Gasteiger partial charge in [-0.15, -0.1) is 0 Å². The molecule has 1 aromatic heterocycles. The molecule has 7 heteroatoms. The molecule has 0 bridgehead atoms. The Bertz CT molecular complexity index is 1390. The van der Waals surface area contributed by atoms with Crippen LogP contribution in [0.5, 0.6) is 0 Å². The number of nitrogens with one attached hydrogen (secondary N) is 1. The Kier molecular flexibility index (Phi) is 3.66. The van der Waals surface area contributed by atoms with Gasteiger partial charge in [-0.2, -0.15) is 0 Å². The minimum Gasteiger partial charge on any atom is -0.361 e. The lowest BCUT2D eigenvalue weighted by Gasteiger charge is -2.11.